The molecule has 3 rings (SSSR count). The summed E-state index contributed by atoms with van der Waals surface area (Å²) in [6.07, 6.45) is -2.61. The van der Waals surface area contributed by atoms with Crippen molar-refractivity contribution in [2.24, 2.45) is 0 Å². The van der Waals surface area contributed by atoms with Gasteiger partial charge in [0.15, 0.2) is 5.78 Å². The Bertz CT molecular complexity index is 1040. The van der Waals surface area contributed by atoms with Crippen LogP contribution in [0.5, 0.6) is 11.5 Å². The Labute approximate surface area is 187 Å². The van der Waals surface area contributed by atoms with Crippen LogP contribution in [-0.2, 0) is 9.53 Å². The van der Waals surface area contributed by atoms with Crippen molar-refractivity contribution in [3.8, 4) is 11.5 Å². The molecular weight excluding hydrogens is 446 g/mol. The fraction of sp³-hybridized carbons (Fsp3) is 0.304. The van der Waals surface area contributed by atoms with Gasteiger partial charge in [0.2, 0.25) is 5.91 Å². The minimum atomic E-state index is -4.80. The Morgan fingerprint density at radius 3 is 2.67 bits per heavy atom. The smallest absolute Gasteiger partial charge is 0.491 e. The van der Waals surface area contributed by atoms with E-state index in [1.54, 1.807) is 6.07 Å². The molecule has 0 aliphatic carbocycles. The first-order valence-electron chi connectivity index (χ1n) is 9.98. The highest BCUT2D eigenvalue weighted by atomic mass is 19.4. The number of halogens is 4. The van der Waals surface area contributed by atoms with Crippen LogP contribution in [0.4, 0.5) is 17.6 Å². The molecule has 0 N–H and O–H groups in total. The number of ether oxygens (including phenoxy) is 3. The number of carbonyl (C=O) groups excluding carboxylic acids is 2. The lowest BCUT2D eigenvalue weighted by atomic mass is 10.1. The lowest BCUT2D eigenvalue weighted by Crippen LogP contribution is -2.47. The van der Waals surface area contributed by atoms with E-state index in [1.165, 1.54) is 54.3 Å². The van der Waals surface area contributed by atoms with Crippen molar-refractivity contribution in [2.75, 3.05) is 26.3 Å². The maximum Gasteiger partial charge on any atom is 0.573 e. The number of benzene rings is 2. The fourth-order valence-corrected chi connectivity index (χ4v) is 3.17. The lowest BCUT2D eigenvalue weighted by molar-refractivity contribution is -0.274. The molecule has 2 aromatic rings. The van der Waals surface area contributed by atoms with Crippen molar-refractivity contribution >= 4 is 17.8 Å². The lowest BCUT2D eigenvalue weighted by Gasteiger charge is -2.32. The predicted molar refractivity (Wildman–Crippen MR) is 110 cm³/mol. The summed E-state index contributed by atoms with van der Waals surface area (Å²) in [4.78, 5) is 25.3. The molecule has 1 aliphatic heterocycles. The zero-order valence-corrected chi connectivity index (χ0v) is 17.6. The molecule has 1 fully saturated rings. The number of morpholine rings is 1. The van der Waals surface area contributed by atoms with Crippen molar-refractivity contribution in [3.05, 3.63) is 65.5 Å². The van der Waals surface area contributed by atoms with E-state index in [0.717, 1.165) is 6.07 Å². The minimum Gasteiger partial charge on any atom is -0.491 e. The second-order valence-corrected chi connectivity index (χ2v) is 7.24. The van der Waals surface area contributed by atoms with E-state index in [4.69, 9.17) is 9.47 Å². The second-order valence-electron chi connectivity index (χ2n) is 7.24. The Hall–Kier alpha value is -3.40. The summed E-state index contributed by atoms with van der Waals surface area (Å²) in [6, 6.07) is 9.19. The molecule has 0 bridgehead atoms. The third-order valence-electron chi connectivity index (χ3n) is 4.72. The molecule has 1 unspecified atom stereocenters. The van der Waals surface area contributed by atoms with Gasteiger partial charge in [-0.3, -0.25) is 9.59 Å². The number of ketones is 1. The average Bonchev–Trinajstić information content (AvgIpc) is 2.75. The molecule has 1 amide bonds. The molecule has 0 spiro atoms. The molecule has 0 saturated carbocycles. The van der Waals surface area contributed by atoms with Gasteiger partial charge in [-0.1, -0.05) is 12.1 Å². The van der Waals surface area contributed by atoms with Crippen LogP contribution in [0.25, 0.3) is 6.08 Å². The van der Waals surface area contributed by atoms with Crippen LogP contribution in [0.2, 0.25) is 0 Å². The molecule has 10 heteroatoms. The van der Waals surface area contributed by atoms with Gasteiger partial charge in [0.25, 0.3) is 0 Å². The van der Waals surface area contributed by atoms with Gasteiger partial charge in [0.05, 0.1) is 18.7 Å². The second kappa shape index (κ2) is 10.5. The van der Waals surface area contributed by atoms with Crippen LogP contribution in [0, 0.1) is 5.82 Å². The molecule has 176 valence electrons. The fourth-order valence-electron chi connectivity index (χ4n) is 3.17. The van der Waals surface area contributed by atoms with Crippen LogP contribution in [0.1, 0.15) is 22.8 Å². The highest BCUT2D eigenvalue weighted by molar-refractivity contribution is 5.94. The van der Waals surface area contributed by atoms with E-state index in [-0.39, 0.29) is 42.7 Å². The Morgan fingerprint density at radius 2 is 1.97 bits per heavy atom. The highest BCUT2D eigenvalue weighted by Gasteiger charge is 2.31. The molecule has 2 aromatic carbocycles. The maximum atomic E-state index is 13.9. The summed E-state index contributed by atoms with van der Waals surface area (Å²) in [5.41, 5.74) is 0.338. The number of amides is 1. The number of Topliss-reactive ketones (excluding diaryl/α,β-unsaturated/α-hetero) is 1. The number of alkyl halides is 3. The van der Waals surface area contributed by atoms with Crippen molar-refractivity contribution in [1.82, 2.24) is 4.90 Å². The Kier molecular flexibility index (Phi) is 7.70. The first kappa shape index (κ1) is 24.2. The van der Waals surface area contributed by atoms with E-state index >= 15 is 0 Å². The summed E-state index contributed by atoms with van der Waals surface area (Å²) >= 11 is 0. The van der Waals surface area contributed by atoms with E-state index in [2.05, 4.69) is 4.74 Å². The number of rotatable bonds is 7. The van der Waals surface area contributed by atoms with Crippen LogP contribution in [0.15, 0.2) is 48.5 Å². The Morgan fingerprint density at radius 1 is 1.18 bits per heavy atom. The largest absolute Gasteiger partial charge is 0.573 e. The van der Waals surface area contributed by atoms with Gasteiger partial charge >= 0.3 is 6.36 Å². The summed E-state index contributed by atoms with van der Waals surface area (Å²) in [6.45, 7) is 2.14. The number of hydrogen-bond donors (Lipinski definition) is 0. The van der Waals surface area contributed by atoms with Gasteiger partial charge in [-0.25, -0.2) is 4.39 Å². The van der Waals surface area contributed by atoms with Gasteiger partial charge in [0.1, 0.15) is 30.0 Å². The molecule has 1 heterocycles. The molecule has 0 radical (unpaired) electrons. The van der Waals surface area contributed by atoms with Crippen LogP contribution in [0.3, 0.4) is 0 Å². The number of carbonyl (C=O) groups is 2. The normalized spacial score (nSPS) is 16.6. The van der Waals surface area contributed by atoms with Gasteiger partial charge in [-0.2, -0.15) is 0 Å². The summed E-state index contributed by atoms with van der Waals surface area (Å²) in [5.74, 6) is -1.58. The van der Waals surface area contributed by atoms with Gasteiger partial charge in [-0.05, 0) is 42.8 Å². The van der Waals surface area contributed by atoms with E-state index < -0.39 is 24.1 Å². The van der Waals surface area contributed by atoms with Gasteiger partial charge < -0.3 is 19.1 Å². The molecule has 1 saturated heterocycles. The quantitative estimate of drug-likeness (QED) is 0.346. The first-order valence-corrected chi connectivity index (χ1v) is 9.98. The van der Waals surface area contributed by atoms with Crippen molar-refractivity contribution < 1.29 is 41.4 Å². The van der Waals surface area contributed by atoms with Crippen molar-refractivity contribution in [2.45, 2.75) is 19.4 Å². The minimum absolute atomic E-state index is 0.0321. The zero-order chi connectivity index (χ0) is 24.0. The van der Waals surface area contributed by atoms with Crippen LogP contribution >= 0.6 is 0 Å². The van der Waals surface area contributed by atoms with Crippen molar-refractivity contribution in [3.63, 3.8) is 0 Å². The topological polar surface area (TPSA) is 65.1 Å². The maximum absolute atomic E-state index is 13.9. The molecule has 6 nitrogen and oxygen atoms in total. The Balaban J connectivity index is 1.54. The number of hydrogen-bond acceptors (Lipinski definition) is 5. The van der Waals surface area contributed by atoms with Crippen molar-refractivity contribution in [1.29, 1.82) is 0 Å². The standard InChI is InChI=1S/C23H21F4NO5/c1-15(29)20-7-6-17(12-21(20)24)32-14-19-13-28(9-10-31-19)22(30)8-5-16-3-2-4-18(11-16)33-23(25,26)27/h2-8,11-12,19H,9-10,13-14H2,1H3. The van der Waals surface area contributed by atoms with Crippen LogP contribution < -0.4 is 9.47 Å². The molecule has 1 atom stereocenters. The number of nitrogens with zero attached hydrogens (tertiary/aromatic N) is 1. The monoisotopic (exact) mass is 467 g/mol. The molecular formula is C23H21F4NO5. The average molecular weight is 467 g/mol. The SMILES string of the molecule is CC(=O)c1ccc(OCC2CN(C(=O)C=Cc3cccc(OC(F)(F)F)c3)CCO2)cc1F. The van der Waals surface area contributed by atoms with Gasteiger partial charge in [-0.15, -0.1) is 13.2 Å². The summed E-state index contributed by atoms with van der Waals surface area (Å²) < 4.78 is 66.0. The first-order chi connectivity index (χ1) is 15.6. The third-order valence-corrected chi connectivity index (χ3v) is 4.72. The zero-order valence-electron chi connectivity index (χ0n) is 17.6. The van der Waals surface area contributed by atoms with Crippen LogP contribution in [-0.4, -0.2) is 55.4 Å². The molecule has 1 aliphatic rings. The third kappa shape index (κ3) is 7.31. The van der Waals surface area contributed by atoms with E-state index in [1.807, 2.05) is 0 Å². The summed E-state index contributed by atoms with van der Waals surface area (Å²) in [5, 5.41) is 0. The van der Waals surface area contributed by atoms with Gasteiger partial charge in [0, 0.05) is 18.7 Å². The van der Waals surface area contributed by atoms with E-state index in [0.29, 0.717) is 12.1 Å². The van der Waals surface area contributed by atoms with E-state index in [9.17, 15) is 27.2 Å². The summed E-state index contributed by atoms with van der Waals surface area (Å²) in [7, 11) is 0. The molecule has 33 heavy (non-hydrogen) atoms. The predicted octanol–water partition coefficient (Wildman–Crippen LogP) is 4.25. The highest BCUT2D eigenvalue weighted by Crippen LogP contribution is 2.24. The molecule has 0 aromatic heterocycles.